The highest BCUT2D eigenvalue weighted by Gasteiger charge is 2.50. The number of piperidine rings is 2. The Kier molecular flexibility index (Phi) is 3.44. The van der Waals surface area contributed by atoms with Gasteiger partial charge < -0.3 is 21.1 Å². The van der Waals surface area contributed by atoms with Crippen LogP contribution in [-0.2, 0) is 4.79 Å². The fourth-order valence-electron chi connectivity index (χ4n) is 3.38. The Labute approximate surface area is 123 Å². The van der Waals surface area contributed by atoms with E-state index in [1.807, 2.05) is 4.90 Å². The molecule has 2 fully saturated rings. The fraction of sp³-hybridized carbons (Fsp3) is 0.643. The number of aryl methyl sites for hydroxylation is 1. The number of carbonyl (C=O) groups excluding carboxylic acids is 1. The number of rotatable bonds is 1. The van der Waals surface area contributed by atoms with E-state index in [-0.39, 0.29) is 5.91 Å². The van der Waals surface area contributed by atoms with Crippen molar-refractivity contribution >= 4 is 17.5 Å². The number of aromatic nitrogens is 2. The summed E-state index contributed by atoms with van der Waals surface area (Å²) in [7, 11) is 0. The van der Waals surface area contributed by atoms with Crippen molar-refractivity contribution in [3.05, 3.63) is 11.9 Å². The van der Waals surface area contributed by atoms with Gasteiger partial charge in [0.05, 0.1) is 11.5 Å². The summed E-state index contributed by atoms with van der Waals surface area (Å²) >= 11 is 0. The molecule has 1 aromatic heterocycles. The first kappa shape index (κ1) is 14.1. The molecule has 7 nitrogen and oxygen atoms in total. The molecule has 0 saturated carbocycles. The number of anilines is 2. The molecule has 114 valence electrons. The normalized spacial score (nSPS) is 29.5. The summed E-state index contributed by atoms with van der Waals surface area (Å²) in [6.45, 7) is 3.61. The van der Waals surface area contributed by atoms with Gasteiger partial charge in [0.1, 0.15) is 17.5 Å². The monoisotopic (exact) mass is 291 g/mol. The van der Waals surface area contributed by atoms with Crippen molar-refractivity contribution in [3.63, 3.8) is 0 Å². The zero-order valence-electron chi connectivity index (χ0n) is 12.2. The van der Waals surface area contributed by atoms with E-state index in [1.165, 1.54) is 0 Å². The van der Waals surface area contributed by atoms with Gasteiger partial charge in [-0.05, 0) is 26.2 Å². The minimum Gasteiger partial charge on any atom is -0.392 e. The summed E-state index contributed by atoms with van der Waals surface area (Å²) in [4.78, 5) is 22.8. The van der Waals surface area contributed by atoms with Gasteiger partial charge in [-0.3, -0.25) is 4.79 Å². The van der Waals surface area contributed by atoms with Gasteiger partial charge in [-0.1, -0.05) is 0 Å². The maximum absolute atomic E-state index is 12.3. The Morgan fingerprint density at radius 3 is 3.05 bits per heavy atom. The van der Waals surface area contributed by atoms with Crippen LogP contribution in [0.3, 0.4) is 0 Å². The third kappa shape index (κ3) is 2.42. The number of nitrogen functional groups attached to an aromatic ring is 1. The van der Waals surface area contributed by atoms with Crippen LogP contribution in [0.4, 0.5) is 11.6 Å². The van der Waals surface area contributed by atoms with Crippen LogP contribution in [-0.4, -0.2) is 46.7 Å². The van der Waals surface area contributed by atoms with Gasteiger partial charge in [-0.15, -0.1) is 0 Å². The average molecular weight is 291 g/mol. The van der Waals surface area contributed by atoms with Crippen molar-refractivity contribution in [2.24, 2.45) is 5.41 Å². The molecule has 0 aromatic carbocycles. The van der Waals surface area contributed by atoms with Crippen LogP contribution >= 0.6 is 0 Å². The van der Waals surface area contributed by atoms with Crippen molar-refractivity contribution in [2.45, 2.75) is 32.3 Å². The molecule has 0 unspecified atom stereocenters. The van der Waals surface area contributed by atoms with Crippen LogP contribution in [0.25, 0.3) is 0 Å². The van der Waals surface area contributed by atoms with E-state index in [0.717, 1.165) is 12.2 Å². The molecule has 2 saturated heterocycles. The smallest absolute Gasteiger partial charge is 0.230 e. The minimum absolute atomic E-state index is 0.0512. The lowest BCUT2D eigenvalue weighted by atomic mass is 9.71. The van der Waals surface area contributed by atoms with Crippen LogP contribution in [0.5, 0.6) is 0 Å². The summed E-state index contributed by atoms with van der Waals surface area (Å²) in [6.07, 6.45) is 1.54. The first-order chi connectivity index (χ1) is 10.0. The lowest BCUT2D eigenvalue weighted by Crippen LogP contribution is -2.61. The lowest BCUT2D eigenvalue weighted by Gasteiger charge is -2.47. The summed E-state index contributed by atoms with van der Waals surface area (Å²) in [5, 5.41) is 13.3. The molecule has 0 radical (unpaired) electrons. The Morgan fingerprint density at radius 2 is 2.33 bits per heavy atom. The van der Waals surface area contributed by atoms with E-state index < -0.39 is 11.5 Å². The van der Waals surface area contributed by atoms with Crippen LogP contribution in [0.2, 0.25) is 0 Å². The topological polar surface area (TPSA) is 104 Å². The number of nitrogens with zero attached hydrogens (tertiary/aromatic N) is 3. The molecule has 0 aliphatic carbocycles. The van der Waals surface area contributed by atoms with Gasteiger partial charge >= 0.3 is 0 Å². The highest BCUT2D eigenvalue weighted by atomic mass is 16.3. The minimum atomic E-state index is -0.732. The molecule has 1 aromatic rings. The number of nitrogens with one attached hydrogen (secondary N) is 1. The Bertz CT molecular complexity index is 544. The number of aliphatic hydroxyl groups excluding tert-OH is 1. The molecule has 2 aliphatic heterocycles. The number of carbonyl (C=O) groups is 1. The number of hydrogen-bond acceptors (Lipinski definition) is 6. The van der Waals surface area contributed by atoms with E-state index in [9.17, 15) is 9.90 Å². The predicted molar refractivity (Wildman–Crippen MR) is 78.7 cm³/mol. The van der Waals surface area contributed by atoms with Gasteiger partial charge in [0, 0.05) is 25.7 Å². The SMILES string of the molecule is Cc1nc(N)cc(N2CC[C@@H](O)[C@@]3(CCCNC3=O)C2)n1. The second kappa shape index (κ2) is 5.14. The lowest BCUT2D eigenvalue weighted by molar-refractivity contribution is -0.142. The second-order valence-corrected chi connectivity index (χ2v) is 5.94. The zero-order valence-corrected chi connectivity index (χ0v) is 12.2. The van der Waals surface area contributed by atoms with E-state index >= 15 is 0 Å². The van der Waals surface area contributed by atoms with E-state index in [2.05, 4.69) is 15.3 Å². The maximum atomic E-state index is 12.3. The standard InChI is InChI=1S/C14H21N5O2/c1-9-17-11(15)7-12(18-9)19-6-3-10(20)14(8-19)4-2-5-16-13(14)21/h7,10,20H,2-6,8H2,1H3,(H,16,21)(H2,15,17,18)/t10-,14-/m1/s1. The van der Waals surface area contributed by atoms with Crippen molar-refractivity contribution in [3.8, 4) is 0 Å². The first-order valence-corrected chi connectivity index (χ1v) is 7.34. The zero-order chi connectivity index (χ0) is 15.0. The first-order valence-electron chi connectivity index (χ1n) is 7.34. The van der Waals surface area contributed by atoms with Gasteiger partial charge in [0.15, 0.2) is 0 Å². The highest BCUT2D eigenvalue weighted by molar-refractivity contribution is 5.85. The molecule has 1 amide bonds. The van der Waals surface area contributed by atoms with E-state index in [1.54, 1.807) is 13.0 Å². The van der Waals surface area contributed by atoms with Crippen LogP contribution in [0.15, 0.2) is 6.07 Å². The van der Waals surface area contributed by atoms with Crippen molar-refractivity contribution in [2.75, 3.05) is 30.3 Å². The Morgan fingerprint density at radius 1 is 1.52 bits per heavy atom. The molecule has 21 heavy (non-hydrogen) atoms. The number of aliphatic hydroxyl groups is 1. The largest absolute Gasteiger partial charge is 0.392 e. The Hall–Kier alpha value is -1.89. The van der Waals surface area contributed by atoms with Crippen molar-refractivity contribution in [1.29, 1.82) is 0 Å². The van der Waals surface area contributed by atoms with Gasteiger partial charge in [-0.2, -0.15) is 0 Å². The van der Waals surface area contributed by atoms with E-state index in [0.29, 0.717) is 44.1 Å². The van der Waals surface area contributed by atoms with Crippen LogP contribution in [0.1, 0.15) is 25.1 Å². The molecule has 4 N–H and O–H groups in total. The van der Waals surface area contributed by atoms with Crippen LogP contribution in [0, 0.1) is 12.3 Å². The molecule has 2 aliphatic rings. The summed E-state index contributed by atoms with van der Waals surface area (Å²) in [5.41, 5.74) is 5.05. The van der Waals surface area contributed by atoms with Gasteiger partial charge in [0.2, 0.25) is 5.91 Å². The molecular weight excluding hydrogens is 270 g/mol. The van der Waals surface area contributed by atoms with Crippen LogP contribution < -0.4 is 16.0 Å². The summed E-state index contributed by atoms with van der Waals surface area (Å²) in [6, 6.07) is 1.72. The van der Waals surface area contributed by atoms with Crippen molar-refractivity contribution < 1.29 is 9.90 Å². The summed E-state index contributed by atoms with van der Waals surface area (Å²) < 4.78 is 0. The molecule has 7 heteroatoms. The fourth-order valence-corrected chi connectivity index (χ4v) is 3.38. The second-order valence-electron chi connectivity index (χ2n) is 5.94. The van der Waals surface area contributed by atoms with E-state index in [4.69, 9.17) is 5.73 Å². The number of nitrogens with two attached hydrogens (primary N) is 1. The number of hydrogen-bond donors (Lipinski definition) is 3. The molecule has 0 bridgehead atoms. The summed E-state index contributed by atoms with van der Waals surface area (Å²) in [5.74, 6) is 1.71. The predicted octanol–water partition coefficient (Wildman–Crippen LogP) is -0.165. The number of amides is 1. The molecule has 3 heterocycles. The third-order valence-electron chi connectivity index (χ3n) is 4.49. The molecule has 3 rings (SSSR count). The molecule has 2 atom stereocenters. The molecular formula is C14H21N5O2. The Balaban J connectivity index is 1.90. The quantitative estimate of drug-likeness (QED) is 0.664. The van der Waals surface area contributed by atoms with Gasteiger partial charge in [0.25, 0.3) is 0 Å². The average Bonchev–Trinajstić information content (AvgIpc) is 2.44. The highest BCUT2D eigenvalue weighted by Crippen LogP contribution is 2.38. The molecule has 1 spiro atoms. The van der Waals surface area contributed by atoms with Crippen molar-refractivity contribution in [1.82, 2.24) is 15.3 Å². The van der Waals surface area contributed by atoms with Gasteiger partial charge in [-0.25, -0.2) is 9.97 Å². The third-order valence-corrected chi connectivity index (χ3v) is 4.49. The maximum Gasteiger partial charge on any atom is 0.230 e.